The second kappa shape index (κ2) is 17.7. The van der Waals surface area contributed by atoms with E-state index < -0.39 is 6.04 Å². The van der Waals surface area contributed by atoms with Crippen LogP contribution in [0.3, 0.4) is 0 Å². The molecule has 0 fully saturated rings. The van der Waals surface area contributed by atoms with Gasteiger partial charge in [0.15, 0.2) is 11.5 Å². The van der Waals surface area contributed by atoms with Crippen molar-refractivity contribution in [2.75, 3.05) is 66.1 Å². The average Bonchev–Trinajstić information content (AvgIpc) is 3.50. The van der Waals surface area contributed by atoms with Gasteiger partial charge in [-0.3, -0.25) is 14.5 Å². The molecule has 0 bridgehead atoms. The van der Waals surface area contributed by atoms with Crippen LogP contribution in [0.4, 0.5) is 5.69 Å². The molecule has 11 nitrogen and oxygen atoms in total. The zero-order valence-electron chi connectivity index (χ0n) is 29.0. The van der Waals surface area contributed by atoms with Gasteiger partial charge in [0.05, 0.1) is 30.4 Å². The molecule has 0 spiro atoms. The molecule has 47 heavy (non-hydrogen) atoms. The summed E-state index contributed by atoms with van der Waals surface area (Å²) in [6, 6.07) is 10.8. The number of aliphatic hydroxyl groups excluding tert-OH is 1. The third-order valence-electron chi connectivity index (χ3n) is 8.73. The summed E-state index contributed by atoms with van der Waals surface area (Å²) in [5, 5.41) is 13.2. The van der Waals surface area contributed by atoms with Crippen molar-refractivity contribution in [1.29, 1.82) is 0 Å². The van der Waals surface area contributed by atoms with Crippen LogP contribution in [-0.4, -0.2) is 111 Å². The maximum atomic E-state index is 14.4. The summed E-state index contributed by atoms with van der Waals surface area (Å²) in [6.45, 7) is 9.15. The first-order valence-corrected chi connectivity index (χ1v) is 16.9. The summed E-state index contributed by atoms with van der Waals surface area (Å²) in [6.07, 6.45) is 3.46. The van der Waals surface area contributed by atoms with Crippen LogP contribution in [0.2, 0.25) is 0 Å². The molecule has 0 saturated heterocycles. The smallest absolute Gasteiger partial charge is 0.258 e. The lowest BCUT2D eigenvalue weighted by atomic mass is 10.0. The summed E-state index contributed by atoms with van der Waals surface area (Å²) in [4.78, 5) is 33.0. The summed E-state index contributed by atoms with van der Waals surface area (Å²) in [7, 11) is 6.02. The Labute approximate surface area is 280 Å². The number of amides is 2. The minimum atomic E-state index is -0.445. The third kappa shape index (κ3) is 10.8. The van der Waals surface area contributed by atoms with Crippen LogP contribution < -0.4 is 19.5 Å². The van der Waals surface area contributed by atoms with E-state index in [4.69, 9.17) is 18.9 Å². The van der Waals surface area contributed by atoms with Gasteiger partial charge in [0.25, 0.3) is 5.91 Å². The van der Waals surface area contributed by atoms with E-state index in [1.807, 2.05) is 51.0 Å². The number of carbonyl (C=O) groups is 2. The maximum Gasteiger partial charge on any atom is 0.258 e. The number of nitrogens with one attached hydrogen (secondary N) is 1. The van der Waals surface area contributed by atoms with Crippen LogP contribution in [0.25, 0.3) is 0 Å². The van der Waals surface area contributed by atoms with Gasteiger partial charge in [-0.2, -0.15) is 0 Å². The topological polar surface area (TPSA) is 113 Å². The molecule has 2 amide bonds. The lowest BCUT2D eigenvalue weighted by molar-refractivity contribution is -0.116. The Morgan fingerprint density at radius 1 is 1.06 bits per heavy atom. The number of rotatable bonds is 11. The second-order valence-electron chi connectivity index (χ2n) is 13.4. The minimum Gasteiger partial charge on any atom is -0.490 e. The van der Waals surface area contributed by atoms with E-state index in [-0.39, 0.29) is 43.3 Å². The van der Waals surface area contributed by atoms with Gasteiger partial charge in [0, 0.05) is 44.3 Å². The number of ether oxygens (including phenoxy) is 4. The number of fused-ring (bicyclic) bond motifs is 2. The van der Waals surface area contributed by atoms with Gasteiger partial charge in [0.1, 0.15) is 5.75 Å². The molecule has 0 radical (unpaired) electrons. The van der Waals surface area contributed by atoms with Crippen molar-refractivity contribution in [3.05, 3.63) is 47.5 Å². The van der Waals surface area contributed by atoms with Gasteiger partial charge in [-0.25, -0.2) is 0 Å². The molecule has 2 aromatic rings. The molecular weight excluding hydrogens is 600 g/mol. The van der Waals surface area contributed by atoms with Crippen molar-refractivity contribution < 1.29 is 33.6 Å². The number of nitrogens with zero attached hydrogens (tertiary/aromatic N) is 3. The van der Waals surface area contributed by atoms with Crippen molar-refractivity contribution in [3.8, 4) is 17.2 Å². The first-order chi connectivity index (χ1) is 22.5. The highest BCUT2D eigenvalue weighted by Gasteiger charge is 2.30. The van der Waals surface area contributed by atoms with Crippen LogP contribution in [0, 0.1) is 5.92 Å². The fourth-order valence-corrected chi connectivity index (χ4v) is 5.96. The van der Waals surface area contributed by atoms with E-state index >= 15 is 0 Å². The van der Waals surface area contributed by atoms with Crippen LogP contribution in [0.1, 0.15) is 68.8 Å². The highest BCUT2D eigenvalue weighted by Crippen LogP contribution is 2.33. The molecule has 2 heterocycles. The van der Waals surface area contributed by atoms with E-state index in [1.54, 1.807) is 23.1 Å². The molecule has 0 unspecified atom stereocenters. The first-order valence-electron chi connectivity index (χ1n) is 16.9. The van der Waals surface area contributed by atoms with E-state index in [1.165, 1.54) is 0 Å². The predicted octanol–water partition coefficient (Wildman–Crippen LogP) is 4.62. The van der Waals surface area contributed by atoms with Crippen molar-refractivity contribution in [2.24, 2.45) is 5.92 Å². The molecule has 4 atom stereocenters. The average molecular weight is 655 g/mol. The number of carbonyl (C=O) groups excluding carboxylic acids is 2. The number of anilines is 1. The van der Waals surface area contributed by atoms with Gasteiger partial charge >= 0.3 is 0 Å². The molecule has 2 aliphatic heterocycles. The monoisotopic (exact) mass is 654 g/mol. The Kier molecular flexibility index (Phi) is 13.7. The van der Waals surface area contributed by atoms with E-state index in [0.717, 1.165) is 49.3 Å². The van der Waals surface area contributed by atoms with Crippen molar-refractivity contribution in [1.82, 2.24) is 14.7 Å². The standard InChI is InChI=1S/C36H54N4O7/c1-25-20-40(26(2)23-41)36(43)30-19-29(37-35(42)11-9-16-38(4)5)13-15-31(30)47-27(3)10-7-8-17-44-34(25)22-39(6)21-28-12-14-32-33(18-28)46-24-45-32/h12-15,18-19,25-27,34,41H,7-11,16-17,20-24H2,1-6H3,(H,37,42)/t25-,26+,27-,34+/m0/s1. The first kappa shape index (κ1) is 36.5. The molecule has 4 rings (SSSR count). The van der Waals surface area contributed by atoms with Crippen molar-refractivity contribution >= 4 is 17.5 Å². The number of aliphatic hydroxyl groups is 1. The molecular formula is C36H54N4O7. The molecule has 260 valence electrons. The summed E-state index contributed by atoms with van der Waals surface area (Å²) in [5.41, 5.74) is 2.02. The summed E-state index contributed by atoms with van der Waals surface area (Å²) >= 11 is 0. The lowest BCUT2D eigenvalue weighted by Crippen LogP contribution is -2.47. The largest absolute Gasteiger partial charge is 0.490 e. The lowest BCUT2D eigenvalue weighted by Gasteiger charge is -2.36. The Bertz CT molecular complexity index is 1320. The highest BCUT2D eigenvalue weighted by atomic mass is 16.7. The Morgan fingerprint density at radius 2 is 1.83 bits per heavy atom. The molecule has 0 aromatic heterocycles. The highest BCUT2D eigenvalue weighted by molar-refractivity contribution is 5.99. The van der Waals surface area contributed by atoms with Crippen LogP contribution >= 0.6 is 0 Å². The number of benzene rings is 2. The molecule has 2 aliphatic rings. The number of hydrogen-bond acceptors (Lipinski definition) is 9. The zero-order chi connectivity index (χ0) is 33.9. The van der Waals surface area contributed by atoms with E-state index in [2.05, 4.69) is 24.2 Å². The normalized spacial score (nSPS) is 21.3. The van der Waals surface area contributed by atoms with Gasteiger partial charge in [-0.1, -0.05) is 13.0 Å². The number of hydrogen-bond donors (Lipinski definition) is 2. The molecule has 11 heteroatoms. The molecule has 0 aliphatic carbocycles. The number of likely N-dealkylation sites (N-methyl/N-ethyl adjacent to an activating group) is 1. The fourth-order valence-electron chi connectivity index (χ4n) is 5.96. The SMILES string of the molecule is C[C@H](CO)N1C[C@H](C)[C@@H](CN(C)Cc2ccc3c(c2)OCO3)OCCCC[C@H](C)Oc2ccc(NC(=O)CCCN(C)C)cc2C1=O. The second-order valence-corrected chi connectivity index (χ2v) is 13.4. The van der Waals surface area contributed by atoms with E-state index in [9.17, 15) is 14.7 Å². The minimum absolute atomic E-state index is 0.0435. The molecule has 0 saturated carbocycles. The fraction of sp³-hybridized carbons (Fsp3) is 0.611. The summed E-state index contributed by atoms with van der Waals surface area (Å²) in [5.74, 6) is 1.60. The zero-order valence-corrected chi connectivity index (χ0v) is 29.0. The van der Waals surface area contributed by atoms with Crippen LogP contribution in [0.5, 0.6) is 17.2 Å². The predicted molar refractivity (Wildman–Crippen MR) is 182 cm³/mol. The van der Waals surface area contributed by atoms with Gasteiger partial charge in [-0.05, 0) is 103 Å². The molecule has 2 aromatic carbocycles. The van der Waals surface area contributed by atoms with Crippen LogP contribution in [0.15, 0.2) is 36.4 Å². The Morgan fingerprint density at radius 3 is 2.60 bits per heavy atom. The Balaban J connectivity index is 1.54. The quantitative estimate of drug-likeness (QED) is 0.358. The van der Waals surface area contributed by atoms with Crippen molar-refractivity contribution in [2.45, 2.75) is 77.7 Å². The third-order valence-corrected chi connectivity index (χ3v) is 8.73. The Hall–Kier alpha value is -3.38. The van der Waals surface area contributed by atoms with Crippen LogP contribution in [-0.2, 0) is 16.1 Å². The van der Waals surface area contributed by atoms with E-state index in [0.29, 0.717) is 49.7 Å². The van der Waals surface area contributed by atoms with Gasteiger partial charge in [-0.15, -0.1) is 0 Å². The molecule has 2 N–H and O–H groups in total. The van der Waals surface area contributed by atoms with Gasteiger partial charge in [0.2, 0.25) is 12.7 Å². The maximum absolute atomic E-state index is 14.4. The van der Waals surface area contributed by atoms with Crippen molar-refractivity contribution in [3.63, 3.8) is 0 Å². The summed E-state index contributed by atoms with van der Waals surface area (Å²) < 4.78 is 23.9. The van der Waals surface area contributed by atoms with Gasteiger partial charge < -0.3 is 39.2 Å².